The summed E-state index contributed by atoms with van der Waals surface area (Å²) in [5.74, 6) is 0.849. The molecule has 1 aliphatic heterocycles. The van der Waals surface area contributed by atoms with E-state index in [-0.39, 0.29) is 10.9 Å². The number of likely N-dealkylation sites (N-methyl/N-ethyl adjacent to an activating group) is 1. The number of nitrogens with zero attached hydrogens (tertiary/aromatic N) is 3. The van der Waals surface area contributed by atoms with E-state index in [0.29, 0.717) is 38.2 Å². The lowest BCUT2D eigenvalue weighted by atomic mass is 9.90. The Bertz CT molecular complexity index is 1420. The van der Waals surface area contributed by atoms with Crippen LogP contribution < -0.4 is 4.74 Å². The maximum atomic E-state index is 13.7. The fourth-order valence-electron chi connectivity index (χ4n) is 5.86. The van der Waals surface area contributed by atoms with Crippen LogP contribution in [-0.4, -0.2) is 67.6 Å². The lowest BCUT2D eigenvalue weighted by Gasteiger charge is -2.32. The van der Waals surface area contributed by atoms with Gasteiger partial charge in [-0.1, -0.05) is 96.5 Å². The van der Waals surface area contributed by atoms with Crippen LogP contribution >= 0.6 is 11.6 Å². The van der Waals surface area contributed by atoms with Crippen LogP contribution in [0, 0.1) is 0 Å². The van der Waals surface area contributed by atoms with Gasteiger partial charge in [-0.15, -0.1) is 0 Å². The Morgan fingerprint density at radius 3 is 2.02 bits per heavy atom. The summed E-state index contributed by atoms with van der Waals surface area (Å²) in [5.41, 5.74) is 3.23. The van der Waals surface area contributed by atoms with Gasteiger partial charge >= 0.3 is 6.18 Å². The Labute approximate surface area is 270 Å². The minimum atomic E-state index is -4.51. The molecule has 5 rings (SSSR count). The van der Waals surface area contributed by atoms with Gasteiger partial charge in [0.05, 0.1) is 17.2 Å². The number of alkyl halides is 3. The molecule has 4 aromatic carbocycles. The zero-order valence-corrected chi connectivity index (χ0v) is 26.5. The molecule has 0 atom stereocenters. The van der Waals surface area contributed by atoms with Gasteiger partial charge in [-0.2, -0.15) is 13.2 Å². The van der Waals surface area contributed by atoms with Crippen LogP contribution in [0.5, 0.6) is 5.75 Å². The van der Waals surface area contributed by atoms with Gasteiger partial charge < -0.3 is 9.64 Å². The Morgan fingerprint density at radius 2 is 1.42 bits per heavy atom. The van der Waals surface area contributed by atoms with E-state index in [1.165, 1.54) is 11.6 Å². The molecule has 238 valence electrons. The van der Waals surface area contributed by atoms with Gasteiger partial charge in [0.1, 0.15) is 5.75 Å². The largest absolute Gasteiger partial charge is 0.494 e. The highest BCUT2D eigenvalue weighted by atomic mass is 35.5. The van der Waals surface area contributed by atoms with Crippen molar-refractivity contribution in [3.63, 3.8) is 0 Å². The molecule has 45 heavy (non-hydrogen) atoms. The molecule has 0 radical (unpaired) electrons. The highest BCUT2D eigenvalue weighted by Gasteiger charge is 2.34. The number of piperazine rings is 1. The summed E-state index contributed by atoms with van der Waals surface area (Å²) in [6.07, 6.45) is -3.81. The Kier molecular flexibility index (Phi) is 11.6. The SMILES string of the molecule is CN1CCN(Cc2ccc(OCCCN(Cc3cccc(C(F)(F)F)c3Cl)CC(c3ccccc3)c3ccccc3)cc2)CC1. The molecule has 4 aromatic rings. The number of rotatable bonds is 13. The second kappa shape index (κ2) is 15.8. The van der Waals surface area contributed by atoms with E-state index < -0.39 is 11.7 Å². The van der Waals surface area contributed by atoms with Crippen molar-refractivity contribution < 1.29 is 17.9 Å². The lowest BCUT2D eigenvalue weighted by molar-refractivity contribution is -0.137. The molecule has 1 aliphatic rings. The predicted octanol–water partition coefficient (Wildman–Crippen LogP) is 8.21. The first-order valence-electron chi connectivity index (χ1n) is 15.6. The van der Waals surface area contributed by atoms with Gasteiger partial charge in [-0.3, -0.25) is 9.80 Å². The molecule has 0 aliphatic carbocycles. The predicted molar refractivity (Wildman–Crippen MR) is 176 cm³/mol. The van der Waals surface area contributed by atoms with Crippen molar-refractivity contribution in [3.05, 3.63) is 136 Å². The molecule has 0 saturated carbocycles. The molecule has 1 saturated heterocycles. The minimum Gasteiger partial charge on any atom is -0.494 e. The van der Waals surface area contributed by atoms with Crippen LogP contribution in [0.2, 0.25) is 5.02 Å². The van der Waals surface area contributed by atoms with Crippen molar-refractivity contribution in [2.45, 2.75) is 31.6 Å². The normalized spacial score (nSPS) is 14.7. The average molecular weight is 636 g/mol. The first-order valence-corrected chi connectivity index (χ1v) is 15.9. The van der Waals surface area contributed by atoms with E-state index in [0.717, 1.165) is 55.7 Å². The first-order chi connectivity index (χ1) is 21.8. The van der Waals surface area contributed by atoms with Crippen LogP contribution in [-0.2, 0) is 19.3 Å². The van der Waals surface area contributed by atoms with Gasteiger partial charge in [-0.25, -0.2) is 0 Å². The summed E-state index contributed by atoms with van der Waals surface area (Å²) in [6.45, 7) is 7.30. The molecule has 0 spiro atoms. The second-order valence-electron chi connectivity index (χ2n) is 11.8. The van der Waals surface area contributed by atoms with Gasteiger partial charge in [-0.05, 0) is 53.9 Å². The zero-order chi connectivity index (χ0) is 31.6. The van der Waals surface area contributed by atoms with Crippen LogP contribution in [0.3, 0.4) is 0 Å². The van der Waals surface area contributed by atoms with Crippen molar-refractivity contribution >= 4 is 11.6 Å². The molecule has 0 aromatic heterocycles. The lowest BCUT2D eigenvalue weighted by Crippen LogP contribution is -2.43. The smallest absolute Gasteiger partial charge is 0.417 e. The molecule has 8 heteroatoms. The molecule has 1 heterocycles. The quantitative estimate of drug-likeness (QED) is 0.138. The van der Waals surface area contributed by atoms with Gasteiger partial charge in [0.15, 0.2) is 0 Å². The van der Waals surface area contributed by atoms with Crippen molar-refractivity contribution in [2.24, 2.45) is 0 Å². The Morgan fingerprint density at radius 1 is 0.800 bits per heavy atom. The summed E-state index contributed by atoms with van der Waals surface area (Å²) in [6, 6.07) is 32.9. The molecule has 0 bridgehead atoms. The fourth-order valence-corrected chi connectivity index (χ4v) is 6.16. The van der Waals surface area contributed by atoms with E-state index in [4.69, 9.17) is 16.3 Å². The Balaban J connectivity index is 1.26. The van der Waals surface area contributed by atoms with Crippen LogP contribution in [0.15, 0.2) is 103 Å². The number of benzene rings is 4. The zero-order valence-electron chi connectivity index (χ0n) is 25.7. The highest BCUT2D eigenvalue weighted by molar-refractivity contribution is 6.32. The number of hydrogen-bond acceptors (Lipinski definition) is 4. The summed E-state index contributed by atoms with van der Waals surface area (Å²) in [4.78, 5) is 7.01. The summed E-state index contributed by atoms with van der Waals surface area (Å²) >= 11 is 6.35. The van der Waals surface area contributed by atoms with Crippen molar-refractivity contribution in [3.8, 4) is 5.75 Å². The van der Waals surface area contributed by atoms with Gasteiger partial charge in [0.2, 0.25) is 0 Å². The number of ether oxygens (including phenoxy) is 1. The summed E-state index contributed by atoms with van der Waals surface area (Å²) in [5, 5.41) is -0.237. The third-order valence-corrected chi connectivity index (χ3v) is 8.88. The standard InChI is InChI=1S/C37H41ClF3N3O/c1-42-21-23-43(24-22-42)26-29-16-18-33(19-17-29)45-25-9-20-44(27-32-14-8-15-35(36(32)38)37(39,40)41)28-34(30-10-4-2-5-11-30)31-12-6-3-7-13-31/h2-8,10-19,34H,9,20-28H2,1H3. The average Bonchev–Trinajstić information content (AvgIpc) is 3.04. The number of hydrogen-bond donors (Lipinski definition) is 0. The van der Waals surface area contributed by atoms with E-state index in [9.17, 15) is 13.2 Å². The third kappa shape index (κ3) is 9.57. The van der Waals surface area contributed by atoms with Crippen molar-refractivity contribution in [1.82, 2.24) is 14.7 Å². The monoisotopic (exact) mass is 635 g/mol. The summed E-state index contributed by atoms with van der Waals surface area (Å²) < 4.78 is 47.1. The number of halogens is 4. The molecule has 0 amide bonds. The van der Waals surface area contributed by atoms with Crippen LogP contribution in [0.1, 0.15) is 40.2 Å². The maximum Gasteiger partial charge on any atom is 0.417 e. The van der Waals surface area contributed by atoms with Gasteiger partial charge in [0, 0.05) is 58.3 Å². The van der Waals surface area contributed by atoms with Gasteiger partial charge in [0.25, 0.3) is 0 Å². The summed E-state index contributed by atoms with van der Waals surface area (Å²) in [7, 11) is 2.16. The molecular weight excluding hydrogens is 595 g/mol. The minimum absolute atomic E-state index is 0.0331. The molecular formula is C37H41ClF3N3O. The molecule has 0 N–H and O–H groups in total. The Hall–Kier alpha value is -3.36. The maximum absolute atomic E-state index is 13.7. The molecule has 1 fully saturated rings. The third-order valence-electron chi connectivity index (χ3n) is 8.44. The molecule has 0 unspecified atom stereocenters. The topological polar surface area (TPSA) is 19.0 Å². The second-order valence-corrected chi connectivity index (χ2v) is 12.2. The van der Waals surface area contributed by atoms with E-state index in [2.05, 4.69) is 58.1 Å². The van der Waals surface area contributed by atoms with E-state index >= 15 is 0 Å². The van der Waals surface area contributed by atoms with E-state index in [1.54, 1.807) is 6.07 Å². The van der Waals surface area contributed by atoms with Crippen molar-refractivity contribution in [2.75, 3.05) is 52.9 Å². The highest BCUT2D eigenvalue weighted by Crippen LogP contribution is 2.37. The first kappa shape index (κ1) is 33.0. The fraction of sp³-hybridized carbons (Fsp3) is 0.351. The van der Waals surface area contributed by atoms with E-state index in [1.807, 2.05) is 48.5 Å². The van der Waals surface area contributed by atoms with Crippen LogP contribution in [0.25, 0.3) is 0 Å². The van der Waals surface area contributed by atoms with Crippen LogP contribution in [0.4, 0.5) is 13.2 Å². The van der Waals surface area contributed by atoms with Crippen molar-refractivity contribution in [1.29, 1.82) is 0 Å². The molecule has 4 nitrogen and oxygen atoms in total.